The van der Waals surface area contributed by atoms with Crippen LogP contribution in [0.5, 0.6) is 11.5 Å². The Labute approximate surface area is 216 Å². The van der Waals surface area contributed by atoms with Gasteiger partial charge in [-0.2, -0.15) is 0 Å². The number of thioether (sulfide) groups is 1. The van der Waals surface area contributed by atoms with E-state index in [0.717, 1.165) is 27.1 Å². The Morgan fingerprint density at radius 3 is 2.36 bits per heavy atom. The van der Waals surface area contributed by atoms with Crippen molar-refractivity contribution in [1.82, 2.24) is 4.90 Å². The summed E-state index contributed by atoms with van der Waals surface area (Å²) in [5.41, 5.74) is 3.87. The zero-order valence-corrected chi connectivity index (χ0v) is 22.1. The molecule has 3 aromatic carbocycles. The number of amides is 1. The molecule has 6 nitrogen and oxygen atoms in total. The van der Waals surface area contributed by atoms with Gasteiger partial charge in [0.05, 0.1) is 33.8 Å². The molecule has 188 valence electrons. The molecule has 0 bridgehead atoms. The van der Waals surface area contributed by atoms with Crippen molar-refractivity contribution in [3.05, 3.63) is 89.0 Å². The lowest BCUT2D eigenvalue weighted by molar-refractivity contribution is -0.144. The largest absolute Gasteiger partial charge is 0.497 e. The van der Waals surface area contributed by atoms with Crippen molar-refractivity contribution in [3.63, 3.8) is 0 Å². The second-order valence-electron chi connectivity index (χ2n) is 8.93. The van der Waals surface area contributed by atoms with E-state index in [4.69, 9.17) is 14.2 Å². The Kier molecular flexibility index (Phi) is 7.59. The highest BCUT2D eigenvalue weighted by Crippen LogP contribution is 2.54. The fourth-order valence-corrected chi connectivity index (χ4v) is 6.20. The third kappa shape index (κ3) is 4.80. The van der Waals surface area contributed by atoms with E-state index in [0.29, 0.717) is 11.5 Å². The zero-order valence-electron chi connectivity index (χ0n) is 21.2. The molecule has 3 aromatic rings. The fraction of sp³-hybridized carbons (Fsp3) is 0.310. The maximum atomic E-state index is 13.7. The molecule has 1 unspecified atom stereocenters. The van der Waals surface area contributed by atoms with E-state index in [1.807, 2.05) is 74.5 Å². The van der Waals surface area contributed by atoms with Crippen LogP contribution in [0.1, 0.15) is 34.7 Å². The topological polar surface area (TPSA) is 65.1 Å². The van der Waals surface area contributed by atoms with Crippen molar-refractivity contribution in [2.75, 3.05) is 21.3 Å². The van der Waals surface area contributed by atoms with Gasteiger partial charge in [0.2, 0.25) is 5.91 Å². The molecule has 0 saturated carbocycles. The number of rotatable bonds is 8. The van der Waals surface area contributed by atoms with Crippen molar-refractivity contribution in [3.8, 4) is 11.5 Å². The highest BCUT2D eigenvalue weighted by atomic mass is 32.2. The first-order valence-electron chi connectivity index (χ1n) is 11.7. The van der Waals surface area contributed by atoms with Crippen LogP contribution in [0, 0.1) is 13.8 Å². The number of esters is 1. The van der Waals surface area contributed by atoms with E-state index in [-0.39, 0.29) is 18.9 Å². The van der Waals surface area contributed by atoms with Gasteiger partial charge in [-0.15, -0.1) is 11.8 Å². The number of hydrogen-bond donors (Lipinski definition) is 0. The number of ether oxygens (including phenoxy) is 3. The number of carbonyl (C=O) groups excluding carboxylic acids is 2. The van der Waals surface area contributed by atoms with Gasteiger partial charge in [0.15, 0.2) is 4.75 Å². The number of likely N-dealkylation sites (tertiary alicyclic amines) is 1. The summed E-state index contributed by atoms with van der Waals surface area (Å²) in [5, 5.41) is 0. The van der Waals surface area contributed by atoms with Gasteiger partial charge >= 0.3 is 5.97 Å². The van der Waals surface area contributed by atoms with E-state index in [2.05, 4.69) is 0 Å². The lowest BCUT2D eigenvalue weighted by atomic mass is 9.89. The molecule has 36 heavy (non-hydrogen) atoms. The quantitative estimate of drug-likeness (QED) is 0.377. The summed E-state index contributed by atoms with van der Waals surface area (Å²) in [4.78, 5) is 30.0. The van der Waals surface area contributed by atoms with E-state index >= 15 is 0 Å². The molecule has 1 fully saturated rings. The van der Waals surface area contributed by atoms with E-state index in [9.17, 15) is 9.59 Å². The number of hydrogen-bond acceptors (Lipinski definition) is 6. The van der Waals surface area contributed by atoms with Crippen LogP contribution in [0.15, 0.2) is 71.6 Å². The molecule has 0 aromatic heterocycles. The molecule has 1 heterocycles. The molecule has 1 aliphatic rings. The zero-order chi connectivity index (χ0) is 25.9. The normalized spacial score (nSPS) is 19.3. The van der Waals surface area contributed by atoms with Crippen LogP contribution in [0.25, 0.3) is 0 Å². The maximum absolute atomic E-state index is 13.7. The van der Waals surface area contributed by atoms with Gasteiger partial charge in [-0.1, -0.05) is 42.0 Å². The number of aryl methyl sites for hydroxylation is 2. The van der Waals surface area contributed by atoms with Gasteiger partial charge in [0.25, 0.3) is 0 Å². The molecule has 0 N–H and O–H groups in total. The van der Waals surface area contributed by atoms with Crippen molar-refractivity contribution in [2.45, 2.75) is 42.5 Å². The van der Waals surface area contributed by atoms with Crippen LogP contribution in [-0.2, 0) is 20.9 Å². The van der Waals surface area contributed by atoms with Crippen LogP contribution >= 0.6 is 11.8 Å². The molecule has 2 atom stereocenters. The summed E-state index contributed by atoms with van der Waals surface area (Å²) >= 11 is 1.40. The minimum absolute atomic E-state index is 0.0235. The SMILES string of the molecule is COC(=O)[C@@]1(Sc2ccc(C)cc2)CC(=O)N(Cc2ccc(OC)cc2OC)C1c1ccccc1C. The Morgan fingerprint density at radius 2 is 1.72 bits per heavy atom. The lowest BCUT2D eigenvalue weighted by Gasteiger charge is -2.36. The second kappa shape index (κ2) is 10.7. The molecule has 0 aliphatic carbocycles. The summed E-state index contributed by atoms with van der Waals surface area (Å²) < 4.78 is 15.2. The molecule has 1 aliphatic heterocycles. The minimum Gasteiger partial charge on any atom is -0.497 e. The predicted octanol–water partition coefficient (Wildman–Crippen LogP) is 5.50. The Hall–Kier alpha value is -3.45. The van der Waals surface area contributed by atoms with Gasteiger partial charge in [0.1, 0.15) is 11.5 Å². The average molecular weight is 506 g/mol. The average Bonchev–Trinajstić information content (AvgIpc) is 3.16. The third-order valence-corrected chi connectivity index (χ3v) is 8.06. The van der Waals surface area contributed by atoms with E-state index in [1.54, 1.807) is 25.2 Å². The smallest absolute Gasteiger partial charge is 0.325 e. The van der Waals surface area contributed by atoms with Crippen molar-refractivity contribution in [1.29, 1.82) is 0 Å². The Morgan fingerprint density at radius 1 is 1.00 bits per heavy atom. The molecule has 0 radical (unpaired) electrons. The predicted molar refractivity (Wildman–Crippen MR) is 140 cm³/mol. The highest BCUT2D eigenvalue weighted by molar-refractivity contribution is 8.01. The standard InChI is InChI=1S/C29H31NO5S/c1-19-10-14-23(15-11-19)36-29(28(32)35-5)17-26(31)30(27(29)24-9-7-6-8-20(24)2)18-21-12-13-22(33-3)16-25(21)34-4/h6-16,27H,17-18H2,1-5H3/t27?,29-/m1/s1. The van der Waals surface area contributed by atoms with Gasteiger partial charge in [-0.3, -0.25) is 9.59 Å². The van der Waals surface area contributed by atoms with E-state index in [1.165, 1.54) is 18.9 Å². The van der Waals surface area contributed by atoms with Gasteiger partial charge < -0.3 is 19.1 Å². The fourth-order valence-electron chi connectivity index (χ4n) is 4.78. The number of benzene rings is 3. The molecule has 1 saturated heterocycles. The lowest BCUT2D eigenvalue weighted by Crippen LogP contribution is -2.42. The minimum atomic E-state index is -1.16. The first kappa shape index (κ1) is 25.6. The van der Waals surface area contributed by atoms with Crippen molar-refractivity contribution in [2.24, 2.45) is 0 Å². The maximum Gasteiger partial charge on any atom is 0.325 e. The van der Waals surface area contributed by atoms with Crippen LogP contribution < -0.4 is 9.47 Å². The van der Waals surface area contributed by atoms with Crippen LogP contribution in [0.3, 0.4) is 0 Å². The number of nitrogens with zero attached hydrogens (tertiary/aromatic N) is 1. The molecule has 1 amide bonds. The monoisotopic (exact) mass is 505 g/mol. The highest BCUT2D eigenvalue weighted by Gasteiger charge is 2.59. The third-order valence-electron chi connectivity index (χ3n) is 6.66. The summed E-state index contributed by atoms with van der Waals surface area (Å²) in [7, 11) is 4.57. The summed E-state index contributed by atoms with van der Waals surface area (Å²) in [6, 6.07) is 20.9. The Balaban J connectivity index is 1.86. The number of carbonyl (C=O) groups is 2. The van der Waals surface area contributed by atoms with E-state index < -0.39 is 16.8 Å². The molecule has 7 heteroatoms. The van der Waals surface area contributed by atoms with Gasteiger partial charge in [-0.25, -0.2) is 0 Å². The molecule has 0 spiro atoms. The van der Waals surface area contributed by atoms with Crippen molar-refractivity contribution < 1.29 is 23.8 Å². The second-order valence-corrected chi connectivity index (χ2v) is 10.3. The van der Waals surface area contributed by atoms with Crippen LogP contribution in [0.4, 0.5) is 0 Å². The van der Waals surface area contributed by atoms with Crippen LogP contribution in [-0.4, -0.2) is 42.9 Å². The molecule has 4 rings (SSSR count). The van der Waals surface area contributed by atoms with Gasteiger partial charge in [-0.05, 0) is 49.2 Å². The summed E-state index contributed by atoms with van der Waals surface area (Å²) in [6.45, 7) is 4.30. The first-order valence-corrected chi connectivity index (χ1v) is 12.5. The Bertz CT molecular complexity index is 1260. The first-order chi connectivity index (χ1) is 17.3. The summed E-state index contributed by atoms with van der Waals surface area (Å²) in [6.07, 6.45) is 0.0235. The molecular formula is C29H31NO5S. The van der Waals surface area contributed by atoms with Crippen molar-refractivity contribution >= 4 is 23.6 Å². The molecular weight excluding hydrogens is 474 g/mol. The van der Waals surface area contributed by atoms with Crippen LogP contribution in [0.2, 0.25) is 0 Å². The summed E-state index contributed by atoms with van der Waals surface area (Å²) in [5.74, 6) is 0.745. The number of methoxy groups -OCH3 is 3. The van der Waals surface area contributed by atoms with Gasteiger partial charge in [0, 0.05) is 23.1 Å².